The number of benzene rings is 1. The van der Waals surface area contributed by atoms with Gasteiger partial charge in [0.2, 0.25) is 5.91 Å². The first kappa shape index (κ1) is 18.9. The third kappa shape index (κ3) is 5.95. The molecule has 124 valence electrons. The summed E-state index contributed by atoms with van der Waals surface area (Å²) in [4.78, 5) is 11.8. The molecule has 2 rings (SSSR count). The first-order valence-electron chi connectivity index (χ1n) is 7.96. The van der Waals surface area contributed by atoms with E-state index in [0.29, 0.717) is 19.1 Å². The molecule has 0 heterocycles. The molecule has 1 aromatic rings. The largest absolute Gasteiger partial charge is 0.374 e. The molecule has 1 aliphatic rings. The van der Waals surface area contributed by atoms with E-state index in [1.165, 1.54) is 25.7 Å². The first-order valence-corrected chi connectivity index (χ1v) is 7.96. The van der Waals surface area contributed by atoms with E-state index in [0.717, 1.165) is 17.7 Å². The fourth-order valence-corrected chi connectivity index (χ4v) is 2.63. The zero-order chi connectivity index (χ0) is 15.1. The van der Waals surface area contributed by atoms with Gasteiger partial charge in [-0.2, -0.15) is 0 Å². The van der Waals surface area contributed by atoms with Crippen LogP contribution in [0.5, 0.6) is 0 Å². The van der Waals surface area contributed by atoms with Gasteiger partial charge >= 0.3 is 0 Å². The topological polar surface area (TPSA) is 64.4 Å². The summed E-state index contributed by atoms with van der Waals surface area (Å²) in [6.07, 6.45) is 6.98. The lowest BCUT2D eigenvalue weighted by atomic mass is 10.1. The minimum Gasteiger partial charge on any atom is -0.374 e. The summed E-state index contributed by atoms with van der Waals surface area (Å²) in [5.74, 6) is -0.119. The highest BCUT2D eigenvalue weighted by molar-refractivity contribution is 5.94. The zero-order valence-corrected chi connectivity index (χ0v) is 14.0. The Hall–Kier alpha value is -1.10. The highest BCUT2D eigenvalue weighted by Gasteiger charge is 2.15. The van der Waals surface area contributed by atoms with Crippen LogP contribution in [0.25, 0.3) is 0 Å². The van der Waals surface area contributed by atoms with Crippen molar-refractivity contribution in [2.45, 2.75) is 64.2 Å². The van der Waals surface area contributed by atoms with Gasteiger partial charge in [0.25, 0.3) is 0 Å². The average Bonchev–Trinajstić information content (AvgIpc) is 3.00. The fraction of sp³-hybridized carbons (Fsp3) is 0.588. The van der Waals surface area contributed by atoms with Gasteiger partial charge in [0.15, 0.2) is 0 Å². The second kappa shape index (κ2) is 9.82. The van der Waals surface area contributed by atoms with Crippen LogP contribution in [0.1, 0.15) is 51.0 Å². The molecule has 1 unspecified atom stereocenters. The van der Waals surface area contributed by atoms with Gasteiger partial charge in [0.05, 0.1) is 18.8 Å². The predicted octanol–water partition coefficient (Wildman–Crippen LogP) is 3.63. The van der Waals surface area contributed by atoms with Crippen LogP contribution >= 0.6 is 12.4 Å². The molecule has 1 fully saturated rings. The number of hydrogen-bond donors (Lipinski definition) is 2. The monoisotopic (exact) mass is 326 g/mol. The van der Waals surface area contributed by atoms with E-state index in [1.807, 2.05) is 31.2 Å². The van der Waals surface area contributed by atoms with Gasteiger partial charge in [0.1, 0.15) is 0 Å². The molecule has 0 aliphatic heterocycles. The SMILES string of the molecule is CCCC(N)C(=O)Nc1ccc(COC2CCCC2)cc1.Cl. The number of nitrogens with one attached hydrogen (secondary N) is 1. The van der Waals surface area contributed by atoms with Crippen molar-refractivity contribution in [3.8, 4) is 0 Å². The number of carbonyl (C=O) groups excluding carboxylic acids is 1. The van der Waals surface area contributed by atoms with Crippen LogP contribution in [-0.4, -0.2) is 18.1 Å². The molecule has 0 radical (unpaired) electrons. The van der Waals surface area contributed by atoms with E-state index in [1.54, 1.807) is 0 Å². The Morgan fingerprint density at radius 2 is 1.95 bits per heavy atom. The van der Waals surface area contributed by atoms with Crippen LogP contribution in [0.2, 0.25) is 0 Å². The standard InChI is InChI=1S/C17H26N2O2.ClH/c1-2-5-16(18)17(20)19-14-10-8-13(9-11-14)12-21-15-6-3-4-7-15;/h8-11,15-16H,2-7,12,18H2,1H3,(H,19,20);1H. The lowest BCUT2D eigenvalue weighted by molar-refractivity contribution is -0.117. The Labute approximate surface area is 139 Å². The smallest absolute Gasteiger partial charge is 0.241 e. The molecule has 0 bridgehead atoms. The highest BCUT2D eigenvalue weighted by atomic mass is 35.5. The summed E-state index contributed by atoms with van der Waals surface area (Å²) >= 11 is 0. The molecule has 1 aromatic carbocycles. The summed E-state index contributed by atoms with van der Waals surface area (Å²) < 4.78 is 5.87. The Bertz CT molecular complexity index is 444. The van der Waals surface area contributed by atoms with E-state index in [9.17, 15) is 4.79 Å². The zero-order valence-electron chi connectivity index (χ0n) is 13.2. The second-order valence-corrected chi connectivity index (χ2v) is 5.80. The minimum absolute atomic E-state index is 0. The molecule has 5 heteroatoms. The van der Waals surface area contributed by atoms with Crippen molar-refractivity contribution in [3.63, 3.8) is 0 Å². The van der Waals surface area contributed by atoms with Crippen LogP contribution in [0.15, 0.2) is 24.3 Å². The van der Waals surface area contributed by atoms with Gasteiger partial charge in [0, 0.05) is 5.69 Å². The molecular weight excluding hydrogens is 300 g/mol. The molecular formula is C17H27ClN2O2. The van der Waals surface area contributed by atoms with Crippen LogP contribution in [0.4, 0.5) is 5.69 Å². The van der Waals surface area contributed by atoms with Gasteiger partial charge in [-0.15, -0.1) is 12.4 Å². The number of rotatable bonds is 7. The van der Waals surface area contributed by atoms with Crippen molar-refractivity contribution in [1.29, 1.82) is 0 Å². The summed E-state index contributed by atoms with van der Waals surface area (Å²) in [7, 11) is 0. The van der Waals surface area contributed by atoms with Crippen molar-refractivity contribution in [3.05, 3.63) is 29.8 Å². The molecule has 1 aliphatic carbocycles. The molecule has 0 saturated heterocycles. The van der Waals surface area contributed by atoms with Crippen molar-refractivity contribution < 1.29 is 9.53 Å². The Morgan fingerprint density at radius 1 is 1.32 bits per heavy atom. The Balaban J connectivity index is 0.00000242. The van der Waals surface area contributed by atoms with E-state index >= 15 is 0 Å². The molecule has 3 N–H and O–H groups in total. The fourth-order valence-electron chi connectivity index (χ4n) is 2.63. The average molecular weight is 327 g/mol. The van der Waals surface area contributed by atoms with Gasteiger partial charge in [-0.1, -0.05) is 38.3 Å². The first-order chi connectivity index (χ1) is 10.2. The number of anilines is 1. The molecule has 1 saturated carbocycles. The normalized spacial score (nSPS) is 16.1. The third-order valence-corrected chi connectivity index (χ3v) is 3.95. The molecule has 1 atom stereocenters. The summed E-state index contributed by atoms with van der Waals surface area (Å²) in [6.45, 7) is 2.67. The number of ether oxygens (including phenoxy) is 1. The van der Waals surface area contributed by atoms with Crippen molar-refractivity contribution in [2.24, 2.45) is 5.73 Å². The summed E-state index contributed by atoms with van der Waals surface area (Å²) in [5, 5.41) is 2.85. The third-order valence-electron chi connectivity index (χ3n) is 3.95. The highest BCUT2D eigenvalue weighted by Crippen LogP contribution is 2.22. The molecule has 4 nitrogen and oxygen atoms in total. The van der Waals surface area contributed by atoms with Gasteiger partial charge < -0.3 is 15.8 Å². The van der Waals surface area contributed by atoms with E-state index in [4.69, 9.17) is 10.5 Å². The van der Waals surface area contributed by atoms with Crippen LogP contribution in [0.3, 0.4) is 0 Å². The Morgan fingerprint density at radius 3 is 2.55 bits per heavy atom. The van der Waals surface area contributed by atoms with Crippen LogP contribution in [-0.2, 0) is 16.1 Å². The Kier molecular flexibility index (Phi) is 8.46. The van der Waals surface area contributed by atoms with Gasteiger partial charge in [-0.25, -0.2) is 0 Å². The van der Waals surface area contributed by atoms with E-state index in [-0.39, 0.29) is 18.3 Å². The van der Waals surface area contributed by atoms with E-state index in [2.05, 4.69) is 5.32 Å². The predicted molar refractivity (Wildman–Crippen MR) is 92.2 cm³/mol. The number of amides is 1. The summed E-state index contributed by atoms with van der Waals surface area (Å²) in [6, 6.07) is 7.37. The van der Waals surface area contributed by atoms with Crippen molar-refractivity contribution in [1.82, 2.24) is 0 Å². The number of hydrogen-bond acceptors (Lipinski definition) is 3. The number of halogens is 1. The van der Waals surface area contributed by atoms with E-state index < -0.39 is 6.04 Å². The van der Waals surface area contributed by atoms with Crippen molar-refractivity contribution >= 4 is 24.0 Å². The van der Waals surface area contributed by atoms with Crippen molar-refractivity contribution in [2.75, 3.05) is 5.32 Å². The quantitative estimate of drug-likeness (QED) is 0.804. The van der Waals surface area contributed by atoms with Crippen LogP contribution in [0, 0.1) is 0 Å². The minimum atomic E-state index is -0.430. The summed E-state index contributed by atoms with van der Waals surface area (Å²) in [5.41, 5.74) is 7.72. The molecule has 0 spiro atoms. The molecule has 0 aromatic heterocycles. The maximum atomic E-state index is 11.8. The van der Waals surface area contributed by atoms with Gasteiger partial charge in [-0.3, -0.25) is 4.79 Å². The lowest BCUT2D eigenvalue weighted by Gasteiger charge is -2.13. The van der Waals surface area contributed by atoms with Crippen LogP contribution < -0.4 is 11.1 Å². The maximum Gasteiger partial charge on any atom is 0.241 e. The van der Waals surface area contributed by atoms with Gasteiger partial charge in [-0.05, 0) is 37.0 Å². The lowest BCUT2D eigenvalue weighted by Crippen LogP contribution is -2.35. The molecule has 22 heavy (non-hydrogen) atoms. The molecule has 1 amide bonds. The number of carbonyl (C=O) groups is 1. The second-order valence-electron chi connectivity index (χ2n) is 5.80. The number of nitrogens with two attached hydrogens (primary N) is 1. The maximum absolute atomic E-state index is 11.8.